The maximum atomic E-state index is 12.7. The number of aliphatic carboxylic acids is 1. The Balaban J connectivity index is 1.85. The van der Waals surface area contributed by atoms with Gasteiger partial charge in [0.1, 0.15) is 11.2 Å². The first-order valence-corrected chi connectivity index (χ1v) is 10.4. The van der Waals surface area contributed by atoms with Crippen molar-refractivity contribution in [1.82, 2.24) is 4.72 Å². The normalized spacial score (nSPS) is 13.4. The summed E-state index contributed by atoms with van der Waals surface area (Å²) < 4.78 is 33.7. The van der Waals surface area contributed by atoms with Crippen LogP contribution < -0.4 is 4.72 Å². The van der Waals surface area contributed by atoms with Crippen molar-refractivity contribution in [2.24, 2.45) is 11.8 Å². The molecule has 0 aliphatic heterocycles. The Morgan fingerprint density at radius 1 is 1.11 bits per heavy atom. The van der Waals surface area contributed by atoms with Gasteiger partial charge in [-0.2, -0.15) is 0 Å². The van der Waals surface area contributed by atoms with Crippen molar-refractivity contribution in [2.45, 2.75) is 31.6 Å². The fourth-order valence-corrected chi connectivity index (χ4v) is 4.48. The maximum Gasteiger partial charge on any atom is 0.303 e. The molecule has 0 spiro atoms. The van der Waals surface area contributed by atoms with Crippen LogP contribution in [-0.2, 0) is 14.8 Å². The highest BCUT2D eigenvalue weighted by Gasteiger charge is 2.21. The van der Waals surface area contributed by atoms with Gasteiger partial charge in [0.25, 0.3) is 0 Å². The molecule has 2 N–H and O–H groups in total. The van der Waals surface area contributed by atoms with Crippen molar-refractivity contribution in [1.29, 1.82) is 0 Å². The Bertz CT molecular complexity index is 1070. The number of para-hydroxylation sites is 1. The molecule has 0 aliphatic carbocycles. The van der Waals surface area contributed by atoms with Crippen LogP contribution in [0.5, 0.6) is 0 Å². The number of furan rings is 1. The zero-order valence-electron chi connectivity index (χ0n) is 15.3. The van der Waals surface area contributed by atoms with Gasteiger partial charge < -0.3 is 9.52 Å². The van der Waals surface area contributed by atoms with E-state index in [1.807, 2.05) is 38.1 Å². The van der Waals surface area contributed by atoms with E-state index < -0.39 is 16.0 Å². The van der Waals surface area contributed by atoms with E-state index in [-0.39, 0.29) is 29.7 Å². The second-order valence-electron chi connectivity index (χ2n) is 7.20. The van der Waals surface area contributed by atoms with Crippen molar-refractivity contribution in [3.8, 4) is 0 Å². The quantitative estimate of drug-likeness (QED) is 0.607. The van der Waals surface area contributed by atoms with Gasteiger partial charge in [0.15, 0.2) is 0 Å². The Labute approximate surface area is 158 Å². The molecule has 3 aromatic rings. The Kier molecular flexibility index (Phi) is 5.53. The summed E-state index contributed by atoms with van der Waals surface area (Å²) in [6.45, 7) is 4.07. The molecule has 1 unspecified atom stereocenters. The molecule has 2 aromatic carbocycles. The van der Waals surface area contributed by atoms with E-state index in [2.05, 4.69) is 4.72 Å². The molecule has 7 heteroatoms. The first kappa shape index (κ1) is 19.4. The predicted octanol–water partition coefficient (Wildman–Crippen LogP) is 4.00. The standard InChI is InChI=1S/C20H23NO5S/c1-13(2)9-14(10-20(22)23)12-21-27(24,25)15-7-8-19-17(11-15)16-5-3-4-6-18(16)26-19/h3-8,11,13-14,21H,9-10,12H2,1-2H3,(H,22,23). The molecule has 27 heavy (non-hydrogen) atoms. The van der Waals surface area contributed by atoms with Crippen molar-refractivity contribution in [2.75, 3.05) is 6.54 Å². The molecular weight excluding hydrogens is 366 g/mol. The Hall–Kier alpha value is -2.38. The lowest BCUT2D eigenvalue weighted by Crippen LogP contribution is -2.31. The molecule has 1 heterocycles. The summed E-state index contributed by atoms with van der Waals surface area (Å²) in [6.07, 6.45) is 0.576. The summed E-state index contributed by atoms with van der Waals surface area (Å²) in [7, 11) is -3.75. The van der Waals surface area contributed by atoms with E-state index in [0.29, 0.717) is 17.6 Å². The topological polar surface area (TPSA) is 96.6 Å². The van der Waals surface area contributed by atoms with Crippen LogP contribution in [0.3, 0.4) is 0 Å². The summed E-state index contributed by atoms with van der Waals surface area (Å²) in [5.74, 6) is -0.894. The van der Waals surface area contributed by atoms with Crippen LogP contribution in [0, 0.1) is 11.8 Å². The number of fused-ring (bicyclic) bond motifs is 3. The lowest BCUT2D eigenvalue weighted by Gasteiger charge is -2.18. The molecule has 3 rings (SSSR count). The second-order valence-corrected chi connectivity index (χ2v) is 8.97. The third-order valence-corrected chi connectivity index (χ3v) is 5.91. The monoisotopic (exact) mass is 389 g/mol. The predicted molar refractivity (Wildman–Crippen MR) is 104 cm³/mol. The molecule has 1 aromatic heterocycles. The van der Waals surface area contributed by atoms with Gasteiger partial charge in [-0.05, 0) is 42.5 Å². The summed E-state index contributed by atoms with van der Waals surface area (Å²) >= 11 is 0. The first-order chi connectivity index (χ1) is 12.8. The number of rotatable bonds is 8. The van der Waals surface area contributed by atoms with E-state index in [0.717, 1.165) is 10.8 Å². The van der Waals surface area contributed by atoms with Gasteiger partial charge in [0.2, 0.25) is 10.0 Å². The van der Waals surface area contributed by atoms with E-state index in [4.69, 9.17) is 9.52 Å². The molecule has 0 aliphatic rings. The molecule has 0 saturated heterocycles. The number of nitrogens with one attached hydrogen (secondary N) is 1. The third-order valence-electron chi connectivity index (χ3n) is 4.49. The number of carboxylic acid groups (broad SMARTS) is 1. The van der Waals surface area contributed by atoms with Gasteiger partial charge in [-0.25, -0.2) is 13.1 Å². The number of carbonyl (C=O) groups is 1. The van der Waals surface area contributed by atoms with Crippen molar-refractivity contribution in [3.05, 3.63) is 42.5 Å². The second kappa shape index (κ2) is 7.70. The molecule has 0 radical (unpaired) electrons. The number of hydrogen-bond acceptors (Lipinski definition) is 4. The summed E-state index contributed by atoms with van der Waals surface area (Å²) in [6, 6.07) is 12.2. The fraction of sp³-hybridized carbons (Fsp3) is 0.350. The maximum absolute atomic E-state index is 12.7. The average Bonchev–Trinajstić information content (AvgIpc) is 2.96. The number of sulfonamides is 1. The van der Waals surface area contributed by atoms with Crippen molar-refractivity contribution < 1.29 is 22.7 Å². The van der Waals surface area contributed by atoms with Gasteiger partial charge >= 0.3 is 5.97 Å². The minimum absolute atomic E-state index is 0.0634. The SMILES string of the molecule is CC(C)CC(CNS(=O)(=O)c1ccc2oc3ccccc3c2c1)CC(=O)O. The highest BCUT2D eigenvalue weighted by molar-refractivity contribution is 7.89. The highest BCUT2D eigenvalue weighted by Crippen LogP contribution is 2.30. The summed E-state index contributed by atoms with van der Waals surface area (Å²) in [4.78, 5) is 11.2. The minimum Gasteiger partial charge on any atom is -0.481 e. The minimum atomic E-state index is -3.75. The molecule has 0 saturated carbocycles. The van der Waals surface area contributed by atoms with Crippen molar-refractivity contribution >= 4 is 37.9 Å². The van der Waals surface area contributed by atoms with E-state index in [1.165, 1.54) is 6.07 Å². The molecule has 1 atom stereocenters. The number of hydrogen-bond donors (Lipinski definition) is 2. The van der Waals surface area contributed by atoms with Crippen LogP contribution in [0.2, 0.25) is 0 Å². The third kappa shape index (κ3) is 4.48. The van der Waals surface area contributed by atoms with Crippen LogP contribution in [0.4, 0.5) is 0 Å². The lowest BCUT2D eigenvalue weighted by molar-refractivity contribution is -0.138. The van der Waals surface area contributed by atoms with Crippen LogP contribution in [0.25, 0.3) is 21.9 Å². The van der Waals surface area contributed by atoms with Gasteiger partial charge in [0.05, 0.1) is 4.90 Å². The van der Waals surface area contributed by atoms with Crippen LogP contribution in [0.15, 0.2) is 51.8 Å². The van der Waals surface area contributed by atoms with Gasteiger partial charge in [-0.1, -0.05) is 32.0 Å². The highest BCUT2D eigenvalue weighted by atomic mass is 32.2. The average molecular weight is 389 g/mol. The van der Waals surface area contributed by atoms with Gasteiger partial charge in [-0.15, -0.1) is 0 Å². The molecule has 6 nitrogen and oxygen atoms in total. The Morgan fingerprint density at radius 3 is 2.52 bits per heavy atom. The van der Waals surface area contributed by atoms with E-state index in [9.17, 15) is 13.2 Å². The van der Waals surface area contributed by atoms with Gasteiger partial charge in [-0.3, -0.25) is 4.79 Å². The zero-order chi connectivity index (χ0) is 19.6. The lowest BCUT2D eigenvalue weighted by atomic mass is 9.94. The van der Waals surface area contributed by atoms with E-state index >= 15 is 0 Å². The zero-order valence-corrected chi connectivity index (χ0v) is 16.1. The van der Waals surface area contributed by atoms with Crippen LogP contribution in [-0.4, -0.2) is 26.0 Å². The number of benzene rings is 2. The summed E-state index contributed by atoms with van der Waals surface area (Å²) in [5, 5.41) is 10.6. The molecule has 0 bridgehead atoms. The molecular formula is C20H23NO5S. The number of carboxylic acids is 1. The Morgan fingerprint density at radius 2 is 1.81 bits per heavy atom. The van der Waals surface area contributed by atoms with Crippen molar-refractivity contribution in [3.63, 3.8) is 0 Å². The largest absolute Gasteiger partial charge is 0.481 e. The van der Waals surface area contributed by atoms with Crippen LogP contribution >= 0.6 is 0 Å². The smallest absolute Gasteiger partial charge is 0.303 e. The summed E-state index contributed by atoms with van der Waals surface area (Å²) in [5.41, 5.74) is 1.33. The van der Waals surface area contributed by atoms with Crippen LogP contribution in [0.1, 0.15) is 26.7 Å². The van der Waals surface area contributed by atoms with E-state index in [1.54, 1.807) is 12.1 Å². The molecule has 144 valence electrons. The first-order valence-electron chi connectivity index (χ1n) is 8.89. The molecule has 0 fully saturated rings. The molecule has 0 amide bonds. The fourth-order valence-electron chi connectivity index (χ4n) is 3.34. The van der Waals surface area contributed by atoms with Gasteiger partial charge in [0, 0.05) is 23.7 Å².